The molecule has 1 heterocycles. The first kappa shape index (κ1) is 14.2. The van der Waals surface area contributed by atoms with E-state index in [1.165, 1.54) is 0 Å². The van der Waals surface area contributed by atoms with E-state index in [1.807, 2.05) is 16.9 Å². The lowest BCUT2D eigenvalue weighted by Crippen LogP contribution is -2.14. The second kappa shape index (κ2) is 7.45. The number of ether oxygens (including phenoxy) is 1. The lowest BCUT2D eigenvalue weighted by molar-refractivity contribution is 0.0819. The van der Waals surface area contributed by atoms with E-state index in [-0.39, 0.29) is 6.10 Å². The Morgan fingerprint density at radius 2 is 2.18 bits per heavy atom. The van der Waals surface area contributed by atoms with E-state index in [2.05, 4.69) is 25.9 Å². The van der Waals surface area contributed by atoms with E-state index < -0.39 is 0 Å². The maximum absolute atomic E-state index is 9.82. The molecule has 1 aromatic rings. The van der Waals surface area contributed by atoms with E-state index in [9.17, 15) is 5.11 Å². The quantitative estimate of drug-likeness (QED) is 0.708. The molecule has 1 atom stereocenters. The van der Waals surface area contributed by atoms with Gasteiger partial charge in [-0.1, -0.05) is 6.92 Å². The molecule has 17 heavy (non-hydrogen) atoms. The summed E-state index contributed by atoms with van der Waals surface area (Å²) in [7, 11) is 0. The Bertz CT molecular complexity index is 310. The van der Waals surface area contributed by atoms with Crippen LogP contribution in [0, 0.1) is 0 Å². The molecule has 0 aliphatic heterocycles. The van der Waals surface area contributed by atoms with Gasteiger partial charge in [0.05, 0.1) is 11.8 Å². The molecule has 4 heteroatoms. The monoisotopic (exact) mass is 240 g/mol. The Hall–Kier alpha value is -0.870. The molecule has 0 aliphatic carbocycles. The van der Waals surface area contributed by atoms with Crippen LogP contribution >= 0.6 is 0 Å². The summed E-state index contributed by atoms with van der Waals surface area (Å²) in [6.45, 7) is 7.65. The Morgan fingerprint density at radius 3 is 2.76 bits per heavy atom. The summed E-state index contributed by atoms with van der Waals surface area (Å²) in [5.74, 6) is 0. The van der Waals surface area contributed by atoms with Gasteiger partial charge in [0.25, 0.3) is 0 Å². The van der Waals surface area contributed by atoms with Gasteiger partial charge in [-0.3, -0.25) is 4.68 Å². The fraction of sp³-hybridized carbons (Fsp3) is 0.769. The fourth-order valence-corrected chi connectivity index (χ4v) is 1.58. The van der Waals surface area contributed by atoms with Crippen molar-refractivity contribution in [3.05, 3.63) is 18.0 Å². The second-order valence-corrected chi connectivity index (χ2v) is 4.64. The van der Waals surface area contributed by atoms with Crippen molar-refractivity contribution in [3.8, 4) is 0 Å². The molecule has 1 unspecified atom stereocenters. The Balaban J connectivity index is 2.27. The van der Waals surface area contributed by atoms with Crippen LogP contribution in [0.5, 0.6) is 0 Å². The van der Waals surface area contributed by atoms with Crippen molar-refractivity contribution in [1.29, 1.82) is 0 Å². The van der Waals surface area contributed by atoms with E-state index in [1.54, 1.807) is 0 Å². The van der Waals surface area contributed by atoms with Crippen LogP contribution in [0.1, 0.15) is 45.3 Å². The number of hydrogen-bond acceptors (Lipinski definition) is 3. The predicted octanol–water partition coefficient (Wildman–Crippen LogP) is 2.18. The molecule has 0 fully saturated rings. The summed E-state index contributed by atoms with van der Waals surface area (Å²) < 4.78 is 7.26. The van der Waals surface area contributed by atoms with Crippen molar-refractivity contribution in [3.63, 3.8) is 0 Å². The molecule has 0 saturated heterocycles. The average molecular weight is 240 g/mol. The van der Waals surface area contributed by atoms with Crippen LogP contribution in [0.25, 0.3) is 0 Å². The summed E-state index contributed by atoms with van der Waals surface area (Å²) in [5.41, 5.74) is 0.946. The van der Waals surface area contributed by atoms with E-state index in [0.29, 0.717) is 25.5 Å². The summed E-state index contributed by atoms with van der Waals surface area (Å²) in [5, 5.41) is 14.2. The first-order valence-electron chi connectivity index (χ1n) is 6.43. The second-order valence-electron chi connectivity index (χ2n) is 4.64. The number of nitrogens with zero attached hydrogens (tertiary/aromatic N) is 2. The summed E-state index contributed by atoms with van der Waals surface area (Å²) in [6.07, 6.45) is 3.90. The SMILES string of the molecule is CCCOCCC(O)Cc1ccn(C(C)C)n1. The molecular weight excluding hydrogens is 216 g/mol. The van der Waals surface area contributed by atoms with Crippen LogP contribution < -0.4 is 0 Å². The molecule has 4 nitrogen and oxygen atoms in total. The van der Waals surface area contributed by atoms with Gasteiger partial charge in [0, 0.05) is 31.9 Å². The summed E-state index contributed by atoms with van der Waals surface area (Å²) in [4.78, 5) is 0. The number of hydrogen-bond donors (Lipinski definition) is 1. The third-order valence-corrected chi connectivity index (χ3v) is 2.58. The number of aliphatic hydroxyl groups is 1. The van der Waals surface area contributed by atoms with E-state index in [0.717, 1.165) is 18.7 Å². The number of rotatable bonds is 8. The first-order chi connectivity index (χ1) is 8.13. The molecule has 0 aliphatic rings. The third kappa shape index (κ3) is 5.33. The third-order valence-electron chi connectivity index (χ3n) is 2.58. The molecule has 0 aromatic carbocycles. The van der Waals surface area contributed by atoms with E-state index in [4.69, 9.17) is 4.74 Å². The van der Waals surface area contributed by atoms with Crippen LogP contribution in [-0.4, -0.2) is 34.2 Å². The van der Waals surface area contributed by atoms with Crippen LogP contribution in [0.15, 0.2) is 12.3 Å². The van der Waals surface area contributed by atoms with Crippen molar-refractivity contribution >= 4 is 0 Å². The lowest BCUT2D eigenvalue weighted by Gasteiger charge is -2.09. The van der Waals surface area contributed by atoms with Crippen LogP contribution in [-0.2, 0) is 11.2 Å². The zero-order valence-corrected chi connectivity index (χ0v) is 11.1. The molecule has 0 bridgehead atoms. The van der Waals surface area contributed by atoms with Crippen LogP contribution in [0.2, 0.25) is 0 Å². The van der Waals surface area contributed by atoms with Gasteiger partial charge < -0.3 is 9.84 Å². The maximum atomic E-state index is 9.82. The Kier molecular flexibility index (Phi) is 6.22. The lowest BCUT2D eigenvalue weighted by atomic mass is 10.1. The van der Waals surface area contributed by atoms with Crippen molar-refractivity contribution in [1.82, 2.24) is 9.78 Å². The highest BCUT2D eigenvalue weighted by Crippen LogP contribution is 2.07. The summed E-state index contributed by atoms with van der Waals surface area (Å²) >= 11 is 0. The molecule has 1 N–H and O–H groups in total. The maximum Gasteiger partial charge on any atom is 0.0650 e. The van der Waals surface area contributed by atoms with Crippen molar-refractivity contribution in [2.45, 2.75) is 52.2 Å². The van der Waals surface area contributed by atoms with Gasteiger partial charge in [-0.15, -0.1) is 0 Å². The average Bonchev–Trinajstić information content (AvgIpc) is 2.73. The summed E-state index contributed by atoms with van der Waals surface area (Å²) in [6, 6.07) is 2.34. The fourth-order valence-electron chi connectivity index (χ4n) is 1.58. The molecule has 0 saturated carbocycles. The minimum absolute atomic E-state index is 0.359. The first-order valence-corrected chi connectivity index (χ1v) is 6.43. The van der Waals surface area contributed by atoms with Crippen molar-refractivity contribution in [2.24, 2.45) is 0 Å². The minimum Gasteiger partial charge on any atom is -0.393 e. The zero-order valence-electron chi connectivity index (χ0n) is 11.1. The molecule has 0 amide bonds. The highest BCUT2D eigenvalue weighted by atomic mass is 16.5. The topological polar surface area (TPSA) is 47.3 Å². The largest absolute Gasteiger partial charge is 0.393 e. The van der Waals surface area contributed by atoms with Crippen LogP contribution in [0.3, 0.4) is 0 Å². The minimum atomic E-state index is -0.359. The van der Waals surface area contributed by atoms with E-state index >= 15 is 0 Å². The highest BCUT2D eigenvalue weighted by molar-refractivity contribution is 5.01. The smallest absolute Gasteiger partial charge is 0.0650 e. The van der Waals surface area contributed by atoms with Crippen LogP contribution in [0.4, 0.5) is 0 Å². The molecule has 1 aromatic heterocycles. The Morgan fingerprint density at radius 1 is 1.41 bits per heavy atom. The molecule has 1 rings (SSSR count). The van der Waals surface area contributed by atoms with Gasteiger partial charge in [0.15, 0.2) is 0 Å². The van der Waals surface area contributed by atoms with Crippen molar-refractivity contribution < 1.29 is 9.84 Å². The van der Waals surface area contributed by atoms with Gasteiger partial charge in [-0.25, -0.2) is 0 Å². The normalized spacial score (nSPS) is 13.2. The molecule has 0 spiro atoms. The number of aliphatic hydroxyl groups excluding tert-OH is 1. The van der Waals surface area contributed by atoms with Gasteiger partial charge in [-0.05, 0) is 32.8 Å². The van der Waals surface area contributed by atoms with Crippen molar-refractivity contribution in [2.75, 3.05) is 13.2 Å². The number of aromatic nitrogens is 2. The molecule has 98 valence electrons. The predicted molar refractivity (Wildman–Crippen MR) is 68.0 cm³/mol. The standard InChI is InChI=1S/C13H24N2O2/c1-4-8-17-9-6-13(16)10-12-5-7-15(14-12)11(2)3/h5,7,11,13,16H,4,6,8-10H2,1-3H3. The molecular formula is C13H24N2O2. The van der Waals surface area contributed by atoms with Gasteiger partial charge in [0.2, 0.25) is 0 Å². The zero-order chi connectivity index (χ0) is 12.7. The van der Waals surface area contributed by atoms with Gasteiger partial charge >= 0.3 is 0 Å². The van der Waals surface area contributed by atoms with Gasteiger partial charge in [0.1, 0.15) is 0 Å². The Labute approximate surface area is 104 Å². The highest BCUT2D eigenvalue weighted by Gasteiger charge is 2.09. The van der Waals surface area contributed by atoms with Gasteiger partial charge in [-0.2, -0.15) is 5.10 Å². The molecule has 0 radical (unpaired) electrons.